The zero-order valence-corrected chi connectivity index (χ0v) is 13.2. The Morgan fingerprint density at radius 1 is 1.13 bits per heavy atom. The second-order valence-corrected chi connectivity index (χ2v) is 6.16. The van der Waals surface area contributed by atoms with Crippen molar-refractivity contribution in [2.75, 3.05) is 16.4 Å². The van der Waals surface area contributed by atoms with Gasteiger partial charge in [0.1, 0.15) is 0 Å². The van der Waals surface area contributed by atoms with Crippen LogP contribution >= 0.6 is 11.8 Å². The molecular weight excluding hydrogens is 312 g/mol. The maximum atomic E-state index is 12.3. The van der Waals surface area contributed by atoms with Crippen molar-refractivity contribution in [3.05, 3.63) is 53.6 Å². The molecule has 0 aromatic heterocycles. The molecule has 5 nitrogen and oxygen atoms in total. The van der Waals surface area contributed by atoms with Crippen LogP contribution in [0.4, 0.5) is 11.4 Å². The normalized spacial score (nSPS) is 13.0. The number of benzene rings is 2. The largest absolute Gasteiger partial charge is 0.324 e. The Hall–Kier alpha value is -2.60. The number of carbonyl (C=O) groups excluding carboxylic acids is 3. The van der Waals surface area contributed by atoms with Crippen molar-refractivity contribution in [1.82, 2.24) is 0 Å². The van der Waals surface area contributed by atoms with Gasteiger partial charge in [-0.15, -0.1) is 11.8 Å². The average molecular weight is 326 g/mol. The summed E-state index contributed by atoms with van der Waals surface area (Å²) in [6, 6.07) is 12.0. The van der Waals surface area contributed by atoms with Crippen LogP contribution in [-0.4, -0.2) is 23.4 Å². The maximum absolute atomic E-state index is 12.3. The fourth-order valence-electron chi connectivity index (χ4n) is 2.24. The van der Waals surface area contributed by atoms with Gasteiger partial charge in [-0.1, -0.05) is 12.1 Å². The molecule has 23 heavy (non-hydrogen) atoms. The van der Waals surface area contributed by atoms with E-state index in [1.54, 1.807) is 36.4 Å². The Morgan fingerprint density at radius 2 is 1.96 bits per heavy atom. The molecule has 0 atom stereocenters. The zero-order chi connectivity index (χ0) is 16.4. The Balaban J connectivity index is 1.81. The average Bonchev–Trinajstić information content (AvgIpc) is 2.54. The lowest BCUT2D eigenvalue weighted by atomic mass is 10.1. The number of anilines is 2. The zero-order valence-electron chi connectivity index (χ0n) is 12.4. The predicted octanol–water partition coefficient (Wildman–Crippen LogP) is 3.19. The van der Waals surface area contributed by atoms with Crippen LogP contribution in [0.2, 0.25) is 0 Å². The monoisotopic (exact) mass is 326 g/mol. The van der Waals surface area contributed by atoms with E-state index in [0.29, 0.717) is 28.3 Å². The molecule has 0 saturated carbocycles. The van der Waals surface area contributed by atoms with Crippen molar-refractivity contribution in [2.45, 2.75) is 11.8 Å². The van der Waals surface area contributed by atoms with Gasteiger partial charge in [0.25, 0.3) is 5.91 Å². The summed E-state index contributed by atoms with van der Waals surface area (Å²) in [5.41, 5.74) is 2.19. The van der Waals surface area contributed by atoms with Crippen molar-refractivity contribution < 1.29 is 14.4 Å². The molecule has 0 bridgehead atoms. The molecule has 1 aliphatic rings. The summed E-state index contributed by atoms with van der Waals surface area (Å²) >= 11 is 1.45. The van der Waals surface area contributed by atoms with Crippen molar-refractivity contribution in [3.8, 4) is 0 Å². The van der Waals surface area contributed by atoms with Crippen molar-refractivity contribution in [1.29, 1.82) is 0 Å². The molecular formula is C17H14N2O3S. The van der Waals surface area contributed by atoms with E-state index in [4.69, 9.17) is 0 Å². The van der Waals surface area contributed by atoms with Crippen LogP contribution in [0.25, 0.3) is 0 Å². The van der Waals surface area contributed by atoms with Crippen LogP contribution in [0, 0.1) is 0 Å². The number of ketones is 1. The number of Topliss-reactive ketones (excluding diaryl/α,β-unsaturated/α-hetero) is 1. The fraction of sp³-hybridized carbons (Fsp3) is 0.118. The minimum absolute atomic E-state index is 0.0605. The summed E-state index contributed by atoms with van der Waals surface area (Å²) in [6.07, 6.45) is 0. The van der Waals surface area contributed by atoms with Gasteiger partial charge < -0.3 is 10.6 Å². The van der Waals surface area contributed by atoms with Gasteiger partial charge in [-0.05, 0) is 37.3 Å². The molecule has 0 saturated heterocycles. The van der Waals surface area contributed by atoms with E-state index in [0.717, 1.165) is 4.90 Å². The Morgan fingerprint density at radius 3 is 2.74 bits per heavy atom. The highest BCUT2D eigenvalue weighted by Crippen LogP contribution is 2.32. The van der Waals surface area contributed by atoms with Crippen LogP contribution in [0.5, 0.6) is 0 Å². The Labute approximate surface area is 137 Å². The molecule has 2 aromatic carbocycles. The first-order valence-corrected chi connectivity index (χ1v) is 8.00. The molecule has 0 spiro atoms. The van der Waals surface area contributed by atoms with E-state index in [-0.39, 0.29) is 17.6 Å². The fourth-order valence-corrected chi connectivity index (χ4v) is 3.03. The van der Waals surface area contributed by atoms with E-state index in [9.17, 15) is 14.4 Å². The summed E-state index contributed by atoms with van der Waals surface area (Å²) in [5.74, 6) is -0.0433. The number of rotatable bonds is 3. The number of hydrogen-bond donors (Lipinski definition) is 2. The summed E-state index contributed by atoms with van der Waals surface area (Å²) < 4.78 is 0. The first kappa shape index (κ1) is 15.3. The van der Waals surface area contributed by atoms with Crippen LogP contribution in [0.3, 0.4) is 0 Å². The summed E-state index contributed by atoms with van der Waals surface area (Å²) in [5, 5.41) is 5.52. The standard InChI is InChI=1S/C17H14N2O3S/c1-10(20)11-3-2-4-13(7-11)18-17(22)12-5-6-15-14(8-12)19-16(21)9-23-15/h2-8H,9H2,1H3,(H,18,22)(H,19,21). The molecule has 0 fully saturated rings. The lowest BCUT2D eigenvalue weighted by molar-refractivity contribution is -0.113. The second-order valence-electron chi connectivity index (χ2n) is 5.14. The SMILES string of the molecule is CC(=O)c1cccc(NC(=O)c2ccc3c(c2)NC(=O)CS3)c1. The third-order valence-corrected chi connectivity index (χ3v) is 4.48. The smallest absolute Gasteiger partial charge is 0.255 e. The predicted molar refractivity (Wildman–Crippen MR) is 90.2 cm³/mol. The summed E-state index contributed by atoms with van der Waals surface area (Å²) in [6.45, 7) is 1.48. The summed E-state index contributed by atoms with van der Waals surface area (Å²) in [4.78, 5) is 36.1. The van der Waals surface area contributed by atoms with Crippen LogP contribution in [0.1, 0.15) is 27.6 Å². The van der Waals surface area contributed by atoms with Gasteiger partial charge in [-0.25, -0.2) is 0 Å². The minimum Gasteiger partial charge on any atom is -0.324 e. The van der Waals surface area contributed by atoms with E-state index in [1.807, 2.05) is 6.07 Å². The van der Waals surface area contributed by atoms with Gasteiger partial charge in [0.2, 0.25) is 5.91 Å². The van der Waals surface area contributed by atoms with E-state index < -0.39 is 0 Å². The molecule has 3 rings (SSSR count). The Kier molecular flexibility index (Phi) is 4.16. The molecule has 2 aromatic rings. The van der Waals surface area contributed by atoms with Crippen molar-refractivity contribution >= 4 is 40.7 Å². The quantitative estimate of drug-likeness (QED) is 0.850. The molecule has 116 valence electrons. The highest BCUT2D eigenvalue weighted by Gasteiger charge is 2.17. The highest BCUT2D eigenvalue weighted by atomic mass is 32.2. The first-order valence-electron chi connectivity index (χ1n) is 7.02. The van der Waals surface area contributed by atoms with Gasteiger partial charge in [0.15, 0.2) is 5.78 Å². The van der Waals surface area contributed by atoms with Crippen LogP contribution in [-0.2, 0) is 4.79 Å². The van der Waals surface area contributed by atoms with Gasteiger partial charge >= 0.3 is 0 Å². The molecule has 0 aliphatic carbocycles. The van der Waals surface area contributed by atoms with E-state index in [1.165, 1.54) is 18.7 Å². The molecule has 0 unspecified atom stereocenters. The maximum Gasteiger partial charge on any atom is 0.255 e. The molecule has 2 amide bonds. The molecule has 0 radical (unpaired) electrons. The van der Waals surface area contributed by atoms with Crippen molar-refractivity contribution in [2.24, 2.45) is 0 Å². The number of fused-ring (bicyclic) bond motifs is 1. The lowest BCUT2D eigenvalue weighted by Gasteiger charge is -2.17. The topological polar surface area (TPSA) is 75.3 Å². The van der Waals surface area contributed by atoms with Crippen LogP contribution < -0.4 is 10.6 Å². The van der Waals surface area contributed by atoms with Gasteiger partial charge in [0.05, 0.1) is 11.4 Å². The number of amides is 2. The van der Waals surface area contributed by atoms with Gasteiger partial charge in [-0.2, -0.15) is 0 Å². The molecule has 2 N–H and O–H groups in total. The second kappa shape index (κ2) is 6.26. The third-order valence-electron chi connectivity index (χ3n) is 3.40. The molecule has 6 heteroatoms. The number of nitrogens with one attached hydrogen (secondary N) is 2. The van der Waals surface area contributed by atoms with Gasteiger partial charge in [0, 0.05) is 21.7 Å². The highest BCUT2D eigenvalue weighted by molar-refractivity contribution is 8.00. The lowest BCUT2D eigenvalue weighted by Crippen LogP contribution is -2.20. The number of carbonyl (C=O) groups is 3. The number of thioether (sulfide) groups is 1. The summed E-state index contributed by atoms with van der Waals surface area (Å²) in [7, 11) is 0. The number of hydrogen-bond acceptors (Lipinski definition) is 4. The third kappa shape index (κ3) is 3.43. The van der Waals surface area contributed by atoms with Crippen molar-refractivity contribution in [3.63, 3.8) is 0 Å². The van der Waals surface area contributed by atoms with E-state index >= 15 is 0 Å². The Bertz CT molecular complexity index is 817. The van der Waals surface area contributed by atoms with Crippen LogP contribution in [0.15, 0.2) is 47.4 Å². The minimum atomic E-state index is -0.293. The first-order chi connectivity index (χ1) is 11.0. The molecule has 1 heterocycles. The van der Waals surface area contributed by atoms with E-state index in [2.05, 4.69) is 10.6 Å². The molecule has 1 aliphatic heterocycles. The van der Waals surface area contributed by atoms with Gasteiger partial charge in [-0.3, -0.25) is 14.4 Å².